The van der Waals surface area contributed by atoms with Crippen molar-refractivity contribution < 1.29 is 38.0 Å². The van der Waals surface area contributed by atoms with Crippen molar-refractivity contribution in [3.8, 4) is 0 Å². The van der Waals surface area contributed by atoms with Gasteiger partial charge in [0, 0.05) is 17.2 Å². The minimum Gasteiger partial charge on any atom is -0.465 e. The zero-order chi connectivity index (χ0) is 28.7. The van der Waals surface area contributed by atoms with Crippen molar-refractivity contribution >= 4 is 19.6 Å². The molecule has 17 nitrogen and oxygen atoms in total. The second-order valence-corrected chi connectivity index (χ2v) is 10.3. The van der Waals surface area contributed by atoms with Gasteiger partial charge in [0.2, 0.25) is 0 Å². The van der Waals surface area contributed by atoms with Crippen LogP contribution in [0.2, 0.25) is 0 Å². The van der Waals surface area contributed by atoms with Crippen LogP contribution >= 0.6 is 7.67 Å². The first-order chi connectivity index (χ1) is 17.8. The van der Waals surface area contributed by atoms with Crippen LogP contribution in [0.1, 0.15) is 40.8 Å². The summed E-state index contributed by atoms with van der Waals surface area (Å²) in [5.41, 5.74) is 5.75. The molecule has 2 rings (SSSR count). The van der Waals surface area contributed by atoms with Gasteiger partial charge in [-0.3, -0.25) is 28.5 Å². The molecule has 0 amide bonds. The van der Waals surface area contributed by atoms with E-state index in [-0.39, 0.29) is 13.2 Å². The third-order valence-electron chi connectivity index (χ3n) is 5.55. The van der Waals surface area contributed by atoms with Gasteiger partial charge in [0.15, 0.2) is 6.23 Å². The number of nitrogens with zero attached hydrogens (tertiary/aromatic N) is 4. The van der Waals surface area contributed by atoms with Crippen molar-refractivity contribution in [2.75, 3.05) is 19.8 Å². The Balaban J connectivity index is 2.33. The number of aromatic nitrogens is 2. The van der Waals surface area contributed by atoms with Crippen LogP contribution in [0.5, 0.6) is 0 Å². The number of ether oxygens (including phenoxy) is 3. The van der Waals surface area contributed by atoms with Gasteiger partial charge >= 0.3 is 25.3 Å². The van der Waals surface area contributed by atoms with Gasteiger partial charge < -0.3 is 23.8 Å². The van der Waals surface area contributed by atoms with E-state index in [4.69, 9.17) is 24.3 Å². The predicted molar refractivity (Wildman–Crippen MR) is 131 cm³/mol. The highest BCUT2D eigenvalue weighted by Crippen LogP contribution is 2.44. The van der Waals surface area contributed by atoms with Crippen molar-refractivity contribution in [1.29, 1.82) is 0 Å². The van der Waals surface area contributed by atoms with Crippen LogP contribution in [-0.2, 0) is 32.9 Å². The number of nitrogens with one attached hydrogen (secondary N) is 3. The van der Waals surface area contributed by atoms with Gasteiger partial charge in [-0.15, -0.1) is 0 Å². The molecule has 1 aliphatic rings. The Labute approximate surface area is 217 Å². The predicted octanol–water partition coefficient (Wildman–Crippen LogP) is 0.0710. The summed E-state index contributed by atoms with van der Waals surface area (Å²) in [5.74, 6) is -1.49. The summed E-state index contributed by atoms with van der Waals surface area (Å²) in [6, 6.07) is -1.25. The molecule has 0 spiro atoms. The normalized spacial score (nSPS) is 26.0. The van der Waals surface area contributed by atoms with Crippen molar-refractivity contribution in [3.63, 3.8) is 0 Å². The minimum atomic E-state index is -4.24. The first-order valence-electron chi connectivity index (χ1n) is 11.7. The molecule has 1 aromatic heterocycles. The fourth-order valence-electron chi connectivity index (χ4n) is 3.63. The van der Waals surface area contributed by atoms with Gasteiger partial charge in [0.05, 0.1) is 25.9 Å². The molecule has 2 heterocycles. The van der Waals surface area contributed by atoms with Crippen molar-refractivity contribution in [2.45, 2.75) is 70.7 Å². The lowest BCUT2D eigenvalue weighted by Crippen LogP contribution is -2.46. The molecule has 38 heavy (non-hydrogen) atoms. The molecule has 212 valence electrons. The molecule has 0 bridgehead atoms. The number of aromatic amines is 1. The lowest BCUT2D eigenvalue weighted by atomic mass is 9.93. The number of aliphatic hydroxyl groups is 1. The lowest BCUT2D eigenvalue weighted by Gasteiger charge is -2.28. The van der Waals surface area contributed by atoms with E-state index in [1.165, 1.54) is 20.8 Å². The number of esters is 2. The average Bonchev–Trinajstić information content (AvgIpc) is 3.08. The van der Waals surface area contributed by atoms with Crippen LogP contribution in [0.4, 0.5) is 0 Å². The first kappa shape index (κ1) is 31.2. The Hall–Kier alpha value is -3.04. The van der Waals surface area contributed by atoms with Crippen LogP contribution in [0, 0.1) is 0 Å². The Morgan fingerprint density at radius 2 is 1.82 bits per heavy atom. The summed E-state index contributed by atoms with van der Waals surface area (Å²) < 4.78 is 35.7. The maximum absolute atomic E-state index is 13.7. The van der Waals surface area contributed by atoms with E-state index < -0.39 is 73.5 Å². The van der Waals surface area contributed by atoms with E-state index in [1.54, 1.807) is 13.8 Å². The van der Waals surface area contributed by atoms with Crippen LogP contribution in [-0.4, -0.2) is 76.2 Å². The highest BCUT2D eigenvalue weighted by molar-refractivity contribution is 7.54. The number of aliphatic hydroxyl groups excluding tert-OH is 1. The Bertz CT molecular complexity index is 1190. The zero-order valence-corrected chi connectivity index (χ0v) is 22.4. The number of azide groups is 1. The molecule has 0 aliphatic carbocycles. The molecular formula is C20H32N7O10P. The first-order valence-corrected chi connectivity index (χ1v) is 13.3. The fraction of sp³-hybridized carbons (Fsp3) is 0.700. The molecule has 1 aromatic rings. The summed E-state index contributed by atoms with van der Waals surface area (Å²) in [6.45, 7) is 6.74. The maximum atomic E-state index is 13.7. The highest BCUT2D eigenvalue weighted by Gasteiger charge is 2.54. The van der Waals surface area contributed by atoms with E-state index in [0.717, 1.165) is 16.8 Å². The van der Waals surface area contributed by atoms with Gasteiger partial charge in [0.1, 0.15) is 23.7 Å². The Kier molecular flexibility index (Phi) is 10.8. The van der Waals surface area contributed by atoms with Crippen LogP contribution in [0.25, 0.3) is 10.4 Å². The van der Waals surface area contributed by atoms with E-state index in [9.17, 15) is 28.8 Å². The maximum Gasteiger partial charge on any atom is 0.342 e. The van der Waals surface area contributed by atoms with Crippen molar-refractivity contribution in [3.05, 3.63) is 43.5 Å². The van der Waals surface area contributed by atoms with Crippen molar-refractivity contribution in [1.82, 2.24) is 19.7 Å². The molecular weight excluding hydrogens is 529 g/mol. The molecule has 1 aliphatic heterocycles. The van der Waals surface area contributed by atoms with Crippen LogP contribution in [0.15, 0.2) is 27.0 Å². The van der Waals surface area contributed by atoms with Crippen LogP contribution in [0.3, 0.4) is 0 Å². The highest BCUT2D eigenvalue weighted by atomic mass is 31.2. The number of H-pyrrole nitrogens is 1. The Morgan fingerprint density at radius 3 is 2.29 bits per heavy atom. The van der Waals surface area contributed by atoms with Crippen LogP contribution < -0.4 is 21.4 Å². The summed E-state index contributed by atoms with van der Waals surface area (Å²) in [4.78, 5) is 52.8. The van der Waals surface area contributed by atoms with E-state index >= 15 is 0 Å². The average molecular weight is 561 g/mol. The second kappa shape index (κ2) is 13.2. The fourth-order valence-corrected chi connectivity index (χ4v) is 5.45. The molecule has 0 saturated carbocycles. The summed E-state index contributed by atoms with van der Waals surface area (Å²) in [7, 11) is -4.24. The standard InChI is InChI=1S/C20H32N7O10P/c1-6-34-16(30)11(3)23-38(33,24-12(4)17(31)35-7-2)36-10-13-15(29)20(5,25-26-21)18(37-13)27-9-8-14(28)22-19(27)32/h8-9,11-13,15,18,29H,6-7,10H2,1-5H3,(H,22,28,32)(H2,23,24,33)/t11-,12+,13-,15-,18-,20-,38?/m1/s1. The number of rotatable bonds is 13. The molecule has 0 radical (unpaired) electrons. The Morgan fingerprint density at radius 1 is 1.26 bits per heavy atom. The molecule has 7 atom stereocenters. The van der Waals surface area contributed by atoms with Crippen molar-refractivity contribution in [2.24, 2.45) is 5.11 Å². The van der Waals surface area contributed by atoms with Gasteiger partial charge in [-0.05, 0) is 40.1 Å². The molecule has 1 unspecified atom stereocenters. The monoisotopic (exact) mass is 561 g/mol. The molecule has 4 N–H and O–H groups in total. The van der Waals surface area contributed by atoms with Gasteiger partial charge in [-0.1, -0.05) is 5.11 Å². The van der Waals surface area contributed by atoms with E-state index in [1.807, 2.05) is 4.98 Å². The van der Waals surface area contributed by atoms with E-state index in [0.29, 0.717) is 0 Å². The quantitative estimate of drug-likeness (QED) is 0.0823. The molecule has 18 heteroatoms. The van der Waals surface area contributed by atoms with Gasteiger partial charge in [-0.2, -0.15) is 0 Å². The molecule has 0 aromatic carbocycles. The van der Waals surface area contributed by atoms with E-state index in [2.05, 4.69) is 20.2 Å². The SMILES string of the molecule is CCOC(=O)[C@H](C)NP(=O)(N[C@H](C)C(=O)OCC)OC[C@H]1O[C@@H](n2ccc(=O)[nH]c2=O)[C@](C)(N=[N+]=[N-])[C@@H]1O. The number of carbonyl (C=O) groups excluding carboxylic acids is 2. The topological polar surface area (TPSA) is 236 Å². The van der Waals surface area contributed by atoms with Gasteiger partial charge in [-0.25, -0.2) is 15.0 Å². The summed E-state index contributed by atoms with van der Waals surface area (Å²) >= 11 is 0. The third-order valence-corrected chi connectivity index (χ3v) is 7.51. The smallest absolute Gasteiger partial charge is 0.342 e. The summed E-state index contributed by atoms with van der Waals surface area (Å²) in [6.07, 6.45) is -3.19. The second-order valence-electron chi connectivity index (χ2n) is 8.46. The minimum absolute atomic E-state index is 0.0638. The molecule has 1 saturated heterocycles. The number of hydrogen-bond donors (Lipinski definition) is 4. The largest absolute Gasteiger partial charge is 0.465 e. The molecule has 1 fully saturated rings. The number of carbonyl (C=O) groups is 2. The zero-order valence-electron chi connectivity index (χ0n) is 21.5. The van der Waals surface area contributed by atoms with Gasteiger partial charge in [0.25, 0.3) is 5.56 Å². The summed E-state index contributed by atoms with van der Waals surface area (Å²) in [5, 5.41) is 19.5. The number of hydrogen-bond acceptors (Lipinski definition) is 11. The third kappa shape index (κ3) is 7.29. The lowest BCUT2D eigenvalue weighted by molar-refractivity contribution is -0.145.